The summed E-state index contributed by atoms with van der Waals surface area (Å²) in [6.07, 6.45) is 0. The van der Waals surface area contributed by atoms with E-state index in [9.17, 15) is 4.79 Å². The summed E-state index contributed by atoms with van der Waals surface area (Å²) in [5.41, 5.74) is 1.19. The fraction of sp³-hybridized carbons (Fsp3) is 0.667. The Morgan fingerprint density at radius 1 is 1.62 bits per heavy atom. The fourth-order valence-corrected chi connectivity index (χ4v) is 1.98. The first kappa shape index (κ1) is 11.0. The van der Waals surface area contributed by atoms with Crippen molar-refractivity contribution in [3.05, 3.63) is 20.7 Å². The monoisotopic (exact) mass is 263 g/mol. The molecule has 4 heteroatoms. The zero-order chi connectivity index (χ0) is 10.1. The van der Waals surface area contributed by atoms with E-state index in [0.29, 0.717) is 0 Å². The number of aryl methyl sites for hydroxylation is 1. The summed E-state index contributed by atoms with van der Waals surface area (Å²) < 4.78 is 1.84. The quantitative estimate of drug-likeness (QED) is 0.769. The van der Waals surface area contributed by atoms with Crippen molar-refractivity contribution in [1.82, 2.24) is 4.57 Å². The lowest BCUT2D eigenvalue weighted by atomic mass is 9.97. The van der Waals surface area contributed by atoms with Gasteiger partial charge in [0, 0.05) is 22.9 Å². The highest BCUT2D eigenvalue weighted by molar-refractivity contribution is 9.09. The Hall–Kier alpha value is -0.0900. The molecule has 0 aliphatic heterocycles. The molecule has 0 saturated heterocycles. The largest absolute Gasteiger partial charge is 0.307 e. The molecule has 0 fully saturated rings. The van der Waals surface area contributed by atoms with Crippen LogP contribution in [0, 0.1) is 12.3 Å². The third-order valence-electron chi connectivity index (χ3n) is 1.92. The van der Waals surface area contributed by atoms with Crippen LogP contribution in [-0.2, 0) is 6.54 Å². The summed E-state index contributed by atoms with van der Waals surface area (Å²) in [5.74, 6) is 0. The summed E-state index contributed by atoms with van der Waals surface area (Å²) in [4.78, 5) is 11.5. The molecule has 74 valence electrons. The molecule has 1 heterocycles. The Labute approximate surface area is 90.7 Å². The minimum Gasteiger partial charge on any atom is -0.303 e. The van der Waals surface area contributed by atoms with Crippen LogP contribution >= 0.6 is 27.3 Å². The lowest BCUT2D eigenvalue weighted by molar-refractivity contribution is 0.348. The SMILES string of the molecule is Cc1csc(=O)n1CC(C)(C)CBr. The normalized spacial score (nSPS) is 12.0. The maximum absolute atomic E-state index is 11.4. The van der Waals surface area contributed by atoms with E-state index in [0.717, 1.165) is 17.6 Å². The molecule has 0 bridgehead atoms. The van der Waals surface area contributed by atoms with E-state index < -0.39 is 0 Å². The highest BCUT2D eigenvalue weighted by Crippen LogP contribution is 2.21. The van der Waals surface area contributed by atoms with E-state index in [-0.39, 0.29) is 10.3 Å². The van der Waals surface area contributed by atoms with Crippen molar-refractivity contribution in [1.29, 1.82) is 0 Å². The third kappa shape index (κ3) is 2.68. The lowest BCUT2D eigenvalue weighted by Gasteiger charge is -2.22. The number of hydrogen-bond donors (Lipinski definition) is 0. The summed E-state index contributed by atoms with van der Waals surface area (Å²) >= 11 is 4.73. The standard InChI is InChI=1S/C9H14BrNOS/c1-7-4-13-8(12)11(7)6-9(2,3)5-10/h4H,5-6H2,1-3H3. The van der Waals surface area contributed by atoms with Crippen molar-refractivity contribution in [3.63, 3.8) is 0 Å². The number of rotatable bonds is 3. The van der Waals surface area contributed by atoms with Crippen LogP contribution in [0.4, 0.5) is 0 Å². The molecule has 0 aromatic carbocycles. The van der Waals surface area contributed by atoms with Crippen molar-refractivity contribution in [2.24, 2.45) is 5.41 Å². The van der Waals surface area contributed by atoms with Crippen LogP contribution in [0.5, 0.6) is 0 Å². The molecular weight excluding hydrogens is 250 g/mol. The smallest absolute Gasteiger partial charge is 0.303 e. The van der Waals surface area contributed by atoms with Crippen LogP contribution in [0.2, 0.25) is 0 Å². The molecule has 0 radical (unpaired) electrons. The number of thiazole rings is 1. The second kappa shape index (κ2) is 3.96. The molecular formula is C9H14BrNOS. The van der Waals surface area contributed by atoms with Crippen molar-refractivity contribution in [2.75, 3.05) is 5.33 Å². The molecule has 1 aromatic rings. The van der Waals surface area contributed by atoms with Gasteiger partial charge in [0.2, 0.25) is 0 Å². The zero-order valence-corrected chi connectivity index (χ0v) is 10.5. The zero-order valence-electron chi connectivity index (χ0n) is 8.13. The Kier molecular flexibility index (Phi) is 3.35. The van der Waals surface area contributed by atoms with Crippen LogP contribution in [-0.4, -0.2) is 9.90 Å². The molecule has 0 N–H and O–H groups in total. The van der Waals surface area contributed by atoms with Gasteiger partial charge < -0.3 is 4.57 Å². The average Bonchev–Trinajstić information content (AvgIpc) is 2.36. The molecule has 13 heavy (non-hydrogen) atoms. The van der Waals surface area contributed by atoms with Crippen molar-refractivity contribution < 1.29 is 0 Å². The Bertz CT molecular complexity index is 340. The summed E-state index contributed by atoms with van der Waals surface area (Å²) in [6.45, 7) is 7.05. The lowest BCUT2D eigenvalue weighted by Crippen LogP contribution is -2.27. The first-order valence-corrected chi connectivity index (χ1v) is 6.17. The summed E-state index contributed by atoms with van der Waals surface area (Å²) in [7, 11) is 0. The predicted molar refractivity (Wildman–Crippen MR) is 60.9 cm³/mol. The molecule has 1 rings (SSSR count). The summed E-state index contributed by atoms with van der Waals surface area (Å²) in [5, 5.41) is 2.81. The number of halogens is 1. The molecule has 0 aliphatic rings. The number of nitrogens with zero attached hydrogens (tertiary/aromatic N) is 1. The maximum Gasteiger partial charge on any atom is 0.307 e. The molecule has 0 amide bonds. The Morgan fingerprint density at radius 2 is 2.23 bits per heavy atom. The van der Waals surface area contributed by atoms with Crippen LogP contribution < -0.4 is 4.87 Å². The van der Waals surface area contributed by atoms with Gasteiger partial charge in [0.25, 0.3) is 0 Å². The van der Waals surface area contributed by atoms with Crippen LogP contribution in [0.15, 0.2) is 10.2 Å². The van der Waals surface area contributed by atoms with Gasteiger partial charge >= 0.3 is 4.87 Å². The van der Waals surface area contributed by atoms with Gasteiger partial charge in [0.15, 0.2) is 0 Å². The average molecular weight is 264 g/mol. The van der Waals surface area contributed by atoms with Crippen LogP contribution in [0.3, 0.4) is 0 Å². The number of hydrogen-bond acceptors (Lipinski definition) is 2. The van der Waals surface area contributed by atoms with Gasteiger partial charge in [-0.05, 0) is 12.3 Å². The van der Waals surface area contributed by atoms with E-state index in [1.54, 1.807) is 0 Å². The first-order chi connectivity index (χ1) is 5.96. The molecule has 2 nitrogen and oxygen atoms in total. The van der Waals surface area contributed by atoms with Gasteiger partial charge in [0.05, 0.1) is 0 Å². The first-order valence-electron chi connectivity index (χ1n) is 4.17. The third-order valence-corrected chi connectivity index (χ3v) is 4.32. The van der Waals surface area contributed by atoms with Gasteiger partial charge in [0.1, 0.15) is 0 Å². The highest BCUT2D eigenvalue weighted by atomic mass is 79.9. The van der Waals surface area contributed by atoms with E-state index >= 15 is 0 Å². The van der Waals surface area contributed by atoms with Gasteiger partial charge in [-0.15, -0.1) is 0 Å². The number of aromatic nitrogens is 1. The minimum atomic E-state index is 0.135. The van der Waals surface area contributed by atoms with Gasteiger partial charge in [-0.3, -0.25) is 4.79 Å². The second-order valence-electron chi connectivity index (χ2n) is 4.03. The molecule has 1 aromatic heterocycles. The summed E-state index contributed by atoms with van der Waals surface area (Å²) in [6, 6.07) is 0. The maximum atomic E-state index is 11.4. The minimum absolute atomic E-state index is 0.135. The van der Waals surface area contributed by atoms with Crippen molar-refractivity contribution >= 4 is 27.3 Å². The second-order valence-corrected chi connectivity index (χ2v) is 5.41. The molecule has 0 unspecified atom stereocenters. The fourth-order valence-electron chi connectivity index (χ4n) is 1.07. The Balaban J connectivity index is 2.92. The van der Waals surface area contributed by atoms with E-state index in [4.69, 9.17) is 0 Å². The molecule has 0 atom stereocenters. The topological polar surface area (TPSA) is 22.0 Å². The van der Waals surface area contributed by atoms with Crippen LogP contribution in [0.25, 0.3) is 0 Å². The van der Waals surface area contributed by atoms with Gasteiger partial charge in [-0.25, -0.2) is 0 Å². The van der Waals surface area contributed by atoms with Gasteiger partial charge in [-0.1, -0.05) is 41.1 Å². The highest BCUT2D eigenvalue weighted by Gasteiger charge is 2.18. The van der Waals surface area contributed by atoms with E-state index in [1.807, 2.05) is 16.9 Å². The van der Waals surface area contributed by atoms with Gasteiger partial charge in [-0.2, -0.15) is 0 Å². The Morgan fingerprint density at radius 3 is 2.62 bits per heavy atom. The molecule has 0 spiro atoms. The van der Waals surface area contributed by atoms with Crippen molar-refractivity contribution in [3.8, 4) is 0 Å². The predicted octanol–water partition coefficient (Wildman–Crippen LogP) is 2.64. The molecule has 0 aliphatic carbocycles. The van der Waals surface area contributed by atoms with E-state index in [1.165, 1.54) is 11.3 Å². The molecule has 0 saturated carbocycles. The van der Waals surface area contributed by atoms with E-state index in [2.05, 4.69) is 29.8 Å². The number of alkyl halides is 1. The van der Waals surface area contributed by atoms with Crippen molar-refractivity contribution in [2.45, 2.75) is 27.3 Å². The van der Waals surface area contributed by atoms with Crippen LogP contribution in [0.1, 0.15) is 19.5 Å².